The van der Waals surface area contributed by atoms with E-state index in [4.69, 9.17) is 4.98 Å². The minimum atomic E-state index is 0.376. The van der Waals surface area contributed by atoms with Gasteiger partial charge >= 0.3 is 0 Å². The number of pyridine rings is 1. The molecule has 2 aromatic rings. The summed E-state index contributed by atoms with van der Waals surface area (Å²) in [5.74, 6) is 0. The lowest BCUT2D eigenvalue weighted by atomic mass is 10.0. The summed E-state index contributed by atoms with van der Waals surface area (Å²) in [6.45, 7) is 2.25. The van der Waals surface area contributed by atoms with Gasteiger partial charge < -0.3 is 5.32 Å². The Morgan fingerprint density at radius 2 is 1.89 bits per heavy atom. The summed E-state index contributed by atoms with van der Waals surface area (Å²) in [7, 11) is 2.03. The molecule has 0 aliphatic rings. The summed E-state index contributed by atoms with van der Waals surface area (Å²) in [6, 6.07) is 13.0. The molecule has 0 saturated heterocycles. The van der Waals surface area contributed by atoms with Gasteiger partial charge in [0.2, 0.25) is 0 Å². The van der Waals surface area contributed by atoms with Crippen LogP contribution < -0.4 is 5.32 Å². The van der Waals surface area contributed by atoms with Gasteiger partial charge in [-0.3, -0.25) is 4.98 Å². The van der Waals surface area contributed by atoms with E-state index in [0.717, 1.165) is 11.2 Å². The van der Waals surface area contributed by atoms with E-state index in [2.05, 4.69) is 48.6 Å². The van der Waals surface area contributed by atoms with E-state index < -0.39 is 0 Å². The smallest absolute Gasteiger partial charge is 0.0706 e. The van der Waals surface area contributed by atoms with Gasteiger partial charge in [0.25, 0.3) is 0 Å². The molecule has 0 bridgehead atoms. The van der Waals surface area contributed by atoms with Crippen LogP contribution in [0.1, 0.15) is 50.8 Å². The van der Waals surface area contributed by atoms with E-state index in [1.165, 1.54) is 37.5 Å². The Balaban J connectivity index is 2.07. The fourth-order valence-corrected chi connectivity index (χ4v) is 2.49. The molecular weight excluding hydrogens is 232 g/mol. The number of aromatic nitrogens is 1. The number of unbranched alkanes of at least 4 members (excludes halogenated alkanes) is 3. The zero-order chi connectivity index (χ0) is 13.5. The maximum Gasteiger partial charge on any atom is 0.0706 e. The first-order valence-corrected chi connectivity index (χ1v) is 7.38. The normalized spacial score (nSPS) is 12.7. The van der Waals surface area contributed by atoms with Gasteiger partial charge in [-0.1, -0.05) is 56.9 Å². The molecule has 1 N–H and O–H groups in total. The summed E-state index contributed by atoms with van der Waals surface area (Å²) in [4.78, 5) is 4.78. The third-order valence-electron chi connectivity index (χ3n) is 3.67. The second kappa shape index (κ2) is 7.25. The van der Waals surface area contributed by atoms with Crippen molar-refractivity contribution in [2.75, 3.05) is 7.05 Å². The summed E-state index contributed by atoms with van der Waals surface area (Å²) in [5.41, 5.74) is 2.26. The van der Waals surface area contributed by atoms with Crippen LogP contribution in [0, 0.1) is 0 Å². The Hall–Kier alpha value is -1.41. The second-order valence-corrected chi connectivity index (χ2v) is 5.12. The maximum absolute atomic E-state index is 4.78. The molecule has 0 saturated carbocycles. The van der Waals surface area contributed by atoms with E-state index in [-0.39, 0.29) is 0 Å². The molecule has 0 radical (unpaired) electrons. The topological polar surface area (TPSA) is 24.9 Å². The predicted molar refractivity (Wildman–Crippen MR) is 82.3 cm³/mol. The minimum Gasteiger partial charge on any atom is -0.312 e. The Kier molecular flexibility index (Phi) is 5.34. The number of benzene rings is 1. The zero-order valence-electron chi connectivity index (χ0n) is 12.0. The minimum absolute atomic E-state index is 0.376. The van der Waals surface area contributed by atoms with Crippen LogP contribution in [0.5, 0.6) is 0 Å². The highest BCUT2D eigenvalue weighted by atomic mass is 14.9. The predicted octanol–water partition coefficient (Wildman–Crippen LogP) is 4.47. The number of nitrogens with zero attached hydrogens (tertiary/aromatic N) is 1. The Morgan fingerprint density at radius 1 is 1.05 bits per heavy atom. The third-order valence-corrected chi connectivity index (χ3v) is 3.67. The van der Waals surface area contributed by atoms with Crippen molar-refractivity contribution in [3.63, 3.8) is 0 Å². The van der Waals surface area contributed by atoms with Crippen LogP contribution in [-0.2, 0) is 0 Å². The van der Waals surface area contributed by atoms with Crippen LogP contribution in [0.25, 0.3) is 10.9 Å². The van der Waals surface area contributed by atoms with Crippen molar-refractivity contribution in [3.8, 4) is 0 Å². The van der Waals surface area contributed by atoms with Crippen molar-refractivity contribution in [3.05, 3.63) is 42.1 Å². The number of hydrogen-bond donors (Lipinski definition) is 1. The van der Waals surface area contributed by atoms with E-state index in [1.54, 1.807) is 0 Å². The second-order valence-electron chi connectivity index (χ2n) is 5.12. The van der Waals surface area contributed by atoms with Crippen molar-refractivity contribution in [1.82, 2.24) is 10.3 Å². The molecule has 0 aliphatic heterocycles. The van der Waals surface area contributed by atoms with Gasteiger partial charge in [-0.25, -0.2) is 0 Å². The lowest BCUT2D eigenvalue weighted by Crippen LogP contribution is -2.17. The van der Waals surface area contributed by atoms with Crippen LogP contribution in [0.2, 0.25) is 0 Å². The first-order chi connectivity index (χ1) is 9.35. The number of fused-ring (bicyclic) bond motifs is 1. The fourth-order valence-electron chi connectivity index (χ4n) is 2.49. The molecule has 0 amide bonds. The molecule has 1 aromatic carbocycles. The number of rotatable bonds is 7. The monoisotopic (exact) mass is 256 g/mol. The van der Waals surface area contributed by atoms with Gasteiger partial charge in [0.1, 0.15) is 0 Å². The van der Waals surface area contributed by atoms with Crippen molar-refractivity contribution < 1.29 is 0 Å². The highest BCUT2D eigenvalue weighted by Crippen LogP contribution is 2.21. The Bertz CT molecular complexity index is 507. The molecule has 1 aromatic heterocycles. The molecule has 102 valence electrons. The van der Waals surface area contributed by atoms with E-state index in [1.807, 2.05) is 7.05 Å². The van der Waals surface area contributed by atoms with Crippen LogP contribution in [0.4, 0.5) is 0 Å². The van der Waals surface area contributed by atoms with Gasteiger partial charge in [0.15, 0.2) is 0 Å². The van der Waals surface area contributed by atoms with E-state index in [9.17, 15) is 0 Å². The van der Waals surface area contributed by atoms with Gasteiger partial charge in [0.05, 0.1) is 11.2 Å². The molecule has 19 heavy (non-hydrogen) atoms. The van der Waals surface area contributed by atoms with Crippen LogP contribution in [-0.4, -0.2) is 12.0 Å². The molecule has 1 heterocycles. The molecule has 2 heteroatoms. The summed E-state index contributed by atoms with van der Waals surface area (Å²) in [5, 5.41) is 4.61. The first-order valence-electron chi connectivity index (χ1n) is 7.38. The Labute approximate surface area is 116 Å². The average Bonchev–Trinajstić information content (AvgIpc) is 2.47. The molecule has 0 fully saturated rings. The average molecular weight is 256 g/mol. The highest BCUT2D eigenvalue weighted by molar-refractivity contribution is 5.78. The lowest BCUT2D eigenvalue weighted by molar-refractivity contribution is 0.497. The molecule has 2 nitrogen and oxygen atoms in total. The van der Waals surface area contributed by atoms with Gasteiger partial charge in [-0.2, -0.15) is 0 Å². The van der Waals surface area contributed by atoms with Crippen LogP contribution in [0.3, 0.4) is 0 Å². The standard InChI is InChI=1S/C17H24N2/c1-3-4-5-6-11-16(18-2)17-13-12-14-9-7-8-10-15(14)19-17/h7-10,12-13,16,18H,3-6,11H2,1-2H3. The van der Waals surface area contributed by atoms with Crippen molar-refractivity contribution in [2.45, 2.75) is 45.1 Å². The lowest BCUT2D eigenvalue weighted by Gasteiger charge is -2.16. The molecule has 1 atom stereocenters. The van der Waals surface area contributed by atoms with E-state index >= 15 is 0 Å². The van der Waals surface area contributed by atoms with Crippen molar-refractivity contribution in [2.24, 2.45) is 0 Å². The highest BCUT2D eigenvalue weighted by Gasteiger charge is 2.10. The number of nitrogens with one attached hydrogen (secondary N) is 1. The van der Waals surface area contributed by atoms with Crippen LogP contribution >= 0.6 is 0 Å². The number of para-hydroxylation sites is 1. The summed E-state index contributed by atoms with van der Waals surface area (Å²) < 4.78 is 0. The van der Waals surface area contributed by atoms with Gasteiger partial charge in [0, 0.05) is 11.4 Å². The summed E-state index contributed by atoms with van der Waals surface area (Å²) in [6.07, 6.45) is 6.39. The molecule has 0 spiro atoms. The largest absolute Gasteiger partial charge is 0.312 e. The van der Waals surface area contributed by atoms with Gasteiger partial charge in [-0.05, 0) is 25.6 Å². The van der Waals surface area contributed by atoms with Gasteiger partial charge in [-0.15, -0.1) is 0 Å². The van der Waals surface area contributed by atoms with Crippen molar-refractivity contribution in [1.29, 1.82) is 0 Å². The van der Waals surface area contributed by atoms with Crippen molar-refractivity contribution >= 4 is 10.9 Å². The SMILES string of the molecule is CCCCCCC(NC)c1ccc2ccccc2n1. The molecule has 1 unspecified atom stereocenters. The molecule has 2 rings (SSSR count). The quantitative estimate of drug-likeness (QED) is 0.739. The zero-order valence-corrected chi connectivity index (χ0v) is 12.0. The number of hydrogen-bond acceptors (Lipinski definition) is 2. The fraction of sp³-hybridized carbons (Fsp3) is 0.471. The summed E-state index contributed by atoms with van der Waals surface area (Å²) >= 11 is 0. The molecular formula is C17H24N2. The maximum atomic E-state index is 4.78. The van der Waals surface area contributed by atoms with Crippen LogP contribution in [0.15, 0.2) is 36.4 Å². The molecule has 0 aliphatic carbocycles. The van der Waals surface area contributed by atoms with E-state index in [0.29, 0.717) is 6.04 Å². The first kappa shape index (κ1) is 14.0. The third kappa shape index (κ3) is 3.77. The Morgan fingerprint density at radius 3 is 2.68 bits per heavy atom.